The van der Waals surface area contributed by atoms with Crippen LogP contribution in [0.15, 0.2) is 24.5 Å². The molecule has 1 aromatic heterocycles. The predicted octanol–water partition coefficient (Wildman–Crippen LogP) is 1.99. The van der Waals surface area contributed by atoms with Crippen molar-refractivity contribution in [1.29, 1.82) is 0 Å². The van der Waals surface area contributed by atoms with E-state index in [0.717, 1.165) is 25.8 Å². The molecule has 1 atom stereocenters. The standard InChI is InChI=1S/C18H21FN4O2/c19-13-4-5-15-14(11-13)17(21-12-20-15)23-6-2-1-3-16(23)18(24)22-7-9-25-10-8-22/h4-5,11-12,16H,1-3,6-10H2. The molecule has 2 saturated heterocycles. The molecule has 0 aliphatic carbocycles. The van der Waals surface area contributed by atoms with Gasteiger partial charge in [-0.25, -0.2) is 14.4 Å². The molecule has 2 aliphatic rings. The lowest BCUT2D eigenvalue weighted by Gasteiger charge is -2.39. The number of hydrogen-bond donors (Lipinski definition) is 0. The van der Waals surface area contributed by atoms with Crippen LogP contribution in [0.1, 0.15) is 19.3 Å². The highest BCUT2D eigenvalue weighted by Crippen LogP contribution is 2.30. The van der Waals surface area contributed by atoms with Gasteiger partial charge in [0, 0.05) is 25.0 Å². The molecule has 0 spiro atoms. The number of fused-ring (bicyclic) bond motifs is 1. The number of piperidine rings is 1. The highest BCUT2D eigenvalue weighted by Gasteiger charge is 2.34. The van der Waals surface area contributed by atoms with Gasteiger partial charge in [-0.1, -0.05) is 0 Å². The SMILES string of the molecule is O=C(C1CCCCN1c1ncnc2ccc(F)cc12)N1CCOCC1. The van der Waals surface area contributed by atoms with Crippen LogP contribution >= 0.6 is 0 Å². The van der Waals surface area contributed by atoms with Gasteiger partial charge in [0.25, 0.3) is 0 Å². The molecule has 2 fully saturated rings. The van der Waals surface area contributed by atoms with Crippen molar-refractivity contribution in [2.45, 2.75) is 25.3 Å². The molecule has 4 rings (SSSR count). The lowest BCUT2D eigenvalue weighted by Crippen LogP contribution is -2.53. The topological polar surface area (TPSA) is 58.6 Å². The summed E-state index contributed by atoms with van der Waals surface area (Å²) < 4.78 is 19.1. The summed E-state index contributed by atoms with van der Waals surface area (Å²) in [6.45, 7) is 3.16. The van der Waals surface area contributed by atoms with Crippen LogP contribution in [-0.2, 0) is 9.53 Å². The summed E-state index contributed by atoms with van der Waals surface area (Å²) in [6, 6.07) is 4.24. The van der Waals surface area contributed by atoms with Gasteiger partial charge in [0.1, 0.15) is 24.0 Å². The Morgan fingerprint density at radius 1 is 1.16 bits per heavy atom. The second kappa shape index (κ2) is 6.92. The number of carbonyl (C=O) groups is 1. The van der Waals surface area contributed by atoms with E-state index in [4.69, 9.17) is 4.74 Å². The summed E-state index contributed by atoms with van der Waals surface area (Å²) in [5.74, 6) is 0.443. The third kappa shape index (κ3) is 3.16. The average molecular weight is 344 g/mol. The number of anilines is 1. The molecule has 1 aromatic carbocycles. The summed E-state index contributed by atoms with van der Waals surface area (Å²) in [4.78, 5) is 25.6. The predicted molar refractivity (Wildman–Crippen MR) is 91.9 cm³/mol. The third-order valence-electron chi connectivity index (χ3n) is 4.96. The minimum atomic E-state index is -0.323. The van der Waals surface area contributed by atoms with Crippen LogP contribution in [-0.4, -0.2) is 59.7 Å². The highest BCUT2D eigenvalue weighted by atomic mass is 19.1. The van der Waals surface area contributed by atoms with E-state index < -0.39 is 0 Å². The van der Waals surface area contributed by atoms with Gasteiger partial charge in [0.2, 0.25) is 5.91 Å². The van der Waals surface area contributed by atoms with Gasteiger partial charge in [-0.15, -0.1) is 0 Å². The van der Waals surface area contributed by atoms with Gasteiger partial charge in [0.15, 0.2) is 0 Å². The number of amides is 1. The van der Waals surface area contributed by atoms with E-state index in [1.807, 2.05) is 9.80 Å². The lowest BCUT2D eigenvalue weighted by molar-refractivity contribution is -0.137. The van der Waals surface area contributed by atoms with E-state index >= 15 is 0 Å². The van der Waals surface area contributed by atoms with Crippen LogP contribution in [0.4, 0.5) is 10.2 Å². The Bertz CT molecular complexity index is 779. The monoisotopic (exact) mass is 344 g/mol. The van der Waals surface area contributed by atoms with E-state index in [9.17, 15) is 9.18 Å². The number of morpholine rings is 1. The minimum absolute atomic E-state index is 0.117. The van der Waals surface area contributed by atoms with E-state index in [-0.39, 0.29) is 17.8 Å². The van der Waals surface area contributed by atoms with E-state index in [0.29, 0.717) is 43.0 Å². The second-order valence-electron chi connectivity index (χ2n) is 6.50. The van der Waals surface area contributed by atoms with Crippen LogP contribution in [0.5, 0.6) is 0 Å². The van der Waals surface area contributed by atoms with Crippen molar-refractivity contribution in [2.75, 3.05) is 37.7 Å². The maximum atomic E-state index is 13.8. The molecule has 2 aromatic rings. The number of rotatable bonds is 2. The number of carbonyl (C=O) groups excluding carboxylic acids is 1. The molecule has 3 heterocycles. The Kier molecular flexibility index (Phi) is 4.48. The van der Waals surface area contributed by atoms with Crippen LogP contribution in [0.25, 0.3) is 10.9 Å². The largest absolute Gasteiger partial charge is 0.378 e. The number of aromatic nitrogens is 2. The van der Waals surface area contributed by atoms with Gasteiger partial charge in [-0.3, -0.25) is 4.79 Å². The van der Waals surface area contributed by atoms with E-state index in [1.54, 1.807) is 6.07 Å². The summed E-state index contributed by atoms with van der Waals surface area (Å²) in [7, 11) is 0. The van der Waals surface area contributed by atoms with Crippen molar-refractivity contribution in [3.05, 3.63) is 30.3 Å². The first-order valence-electron chi connectivity index (χ1n) is 8.77. The number of hydrogen-bond acceptors (Lipinski definition) is 5. The fourth-order valence-corrected chi connectivity index (χ4v) is 3.68. The molecule has 1 amide bonds. The molecule has 132 valence electrons. The molecule has 6 nitrogen and oxygen atoms in total. The Morgan fingerprint density at radius 2 is 2.00 bits per heavy atom. The zero-order chi connectivity index (χ0) is 17.2. The number of ether oxygens (including phenoxy) is 1. The van der Waals surface area contributed by atoms with Gasteiger partial charge in [0.05, 0.1) is 18.7 Å². The van der Waals surface area contributed by atoms with Crippen molar-refractivity contribution in [3.63, 3.8) is 0 Å². The van der Waals surface area contributed by atoms with E-state index in [1.165, 1.54) is 18.5 Å². The highest BCUT2D eigenvalue weighted by molar-refractivity contribution is 5.93. The van der Waals surface area contributed by atoms with Crippen LogP contribution in [0.3, 0.4) is 0 Å². The van der Waals surface area contributed by atoms with Crippen LogP contribution < -0.4 is 4.90 Å². The Hall–Kier alpha value is -2.28. The molecular formula is C18H21FN4O2. The third-order valence-corrected chi connectivity index (χ3v) is 4.96. The summed E-state index contributed by atoms with van der Waals surface area (Å²) >= 11 is 0. The Morgan fingerprint density at radius 3 is 2.84 bits per heavy atom. The summed E-state index contributed by atoms with van der Waals surface area (Å²) in [5, 5.41) is 0.657. The molecular weight excluding hydrogens is 323 g/mol. The van der Waals surface area contributed by atoms with E-state index in [2.05, 4.69) is 9.97 Å². The second-order valence-corrected chi connectivity index (χ2v) is 6.50. The number of benzene rings is 1. The average Bonchev–Trinajstić information content (AvgIpc) is 2.67. The molecule has 0 saturated carbocycles. The van der Waals surface area contributed by atoms with Crippen molar-refractivity contribution in [2.24, 2.45) is 0 Å². The first kappa shape index (κ1) is 16.2. The Balaban J connectivity index is 1.69. The van der Waals surface area contributed by atoms with Gasteiger partial charge in [-0.05, 0) is 37.5 Å². The zero-order valence-electron chi connectivity index (χ0n) is 14.0. The molecule has 0 N–H and O–H groups in total. The zero-order valence-corrected chi connectivity index (χ0v) is 14.0. The lowest BCUT2D eigenvalue weighted by atomic mass is 10.00. The van der Waals surface area contributed by atoms with Gasteiger partial charge in [-0.2, -0.15) is 0 Å². The first-order valence-corrected chi connectivity index (χ1v) is 8.77. The summed E-state index contributed by atoms with van der Waals surface area (Å²) in [6.07, 6.45) is 4.28. The quantitative estimate of drug-likeness (QED) is 0.834. The normalized spacial score (nSPS) is 21.6. The number of nitrogens with zero attached hydrogens (tertiary/aromatic N) is 4. The molecule has 0 bridgehead atoms. The van der Waals surface area contributed by atoms with Crippen LogP contribution in [0.2, 0.25) is 0 Å². The molecule has 7 heteroatoms. The van der Waals surface area contributed by atoms with Crippen molar-refractivity contribution < 1.29 is 13.9 Å². The van der Waals surface area contributed by atoms with Gasteiger partial charge < -0.3 is 14.5 Å². The maximum Gasteiger partial charge on any atom is 0.245 e. The van der Waals surface area contributed by atoms with Crippen molar-refractivity contribution >= 4 is 22.6 Å². The van der Waals surface area contributed by atoms with Crippen molar-refractivity contribution in [3.8, 4) is 0 Å². The smallest absolute Gasteiger partial charge is 0.245 e. The van der Waals surface area contributed by atoms with Crippen molar-refractivity contribution in [1.82, 2.24) is 14.9 Å². The molecule has 1 unspecified atom stereocenters. The fraction of sp³-hybridized carbons (Fsp3) is 0.500. The molecule has 0 radical (unpaired) electrons. The molecule has 2 aliphatic heterocycles. The van der Waals surface area contributed by atoms with Crippen LogP contribution in [0, 0.1) is 5.82 Å². The maximum absolute atomic E-state index is 13.8. The van der Waals surface area contributed by atoms with Gasteiger partial charge >= 0.3 is 0 Å². The number of halogens is 1. The Labute approximate surface area is 145 Å². The minimum Gasteiger partial charge on any atom is -0.378 e. The fourth-order valence-electron chi connectivity index (χ4n) is 3.68. The first-order chi connectivity index (χ1) is 12.2. The summed E-state index contributed by atoms with van der Waals surface area (Å²) in [5.41, 5.74) is 0.689. The molecule has 25 heavy (non-hydrogen) atoms.